The van der Waals surface area contributed by atoms with E-state index in [4.69, 9.17) is 15.1 Å². The largest absolute Gasteiger partial charge is 0.394 e. The highest BCUT2D eigenvalue weighted by Crippen LogP contribution is 2.40. The predicted octanol–water partition coefficient (Wildman–Crippen LogP) is 1.43. The number of carbonyl (C=O) groups excluding carboxylic acids is 1. The van der Waals surface area contributed by atoms with E-state index in [0.717, 1.165) is 32.0 Å². The van der Waals surface area contributed by atoms with Crippen molar-refractivity contribution in [3.63, 3.8) is 0 Å². The average molecular weight is 225 g/mol. The molecule has 0 aromatic carbocycles. The van der Waals surface area contributed by atoms with Crippen molar-refractivity contribution in [2.45, 2.75) is 44.6 Å². The highest BCUT2D eigenvalue weighted by Gasteiger charge is 2.40. The highest BCUT2D eigenvalue weighted by molar-refractivity contribution is 5.60. The zero-order valence-electron chi connectivity index (χ0n) is 9.52. The van der Waals surface area contributed by atoms with Crippen molar-refractivity contribution >= 4 is 6.29 Å². The summed E-state index contributed by atoms with van der Waals surface area (Å²) in [5, 5.41) is 17.4. The lowest BCUT2D eigenvalue weighted by Crippen LogP contribution is -2.42. The third-order valence-electron chi connectivity index (χ3n) is 3.35. The van der Waals surface area contributed by atoms with Crippen molar-refractivity contribution in [2.75, 3.05) is 13.2 Å². The van der Waals surface area contributed by atoms with E-state index in [-0.39, 0.29) is 19.3 Å². The van der Waals surface area contributed by atoms with Crippen LogP contribution in [0.1, 0.15) is 38.5 Å². The van der Waals surface area contributed by atoms with Crippen LogP contribution in [0.3, 0.4) is 0 Å². The van der Waals surface area contributed by atoms with Gasteiger partial charge in [0.15, 0.2) is 0 Å². The van der Waals surface area contributed by atoms with Gasteiger partial charge in [-0.25, -0.2) is 0 Å². The Bertz CT molecular complexity index is 261. The minimum Gasteiger partial charge on any atom is -0.394 e. The third-order valence-corrected chi connectivity index (χ3v) is 3.35. The quantitative estimate of drug-likeness (QED) is 0.694. The Hall–Kier alpha value is -0.920. The van der Waals surface area contributed by atoms with Crippen LogP contribution < -0.4 is 0 Å². The van der Waals surface area contributed by atoms with Gasteiger partial charge >= 0.3 is 0 Å². The first-order valence-corrected chi connectivity index (χ1v) is 5.85. The van der Waals surface area contributed by atoms with E-state index in [1.165, 1.54) is 0 Å². The molecular formula is C12H19NO3. The summed E-state index contributed by atoms with van der Waals surface area (Å²) < 4.78 is 5.55. The van der Waals surface area contributed by atoms with Crippen molar-refractivity contribution in [3.8, 4) is 6.07 Å². The second kappa shape index (κ2) is 6.62. The minimum atomic E-state index is -0.497. The molecule has 0 radical (unpaired) electrons. The summed E-state index contributed by atoms with van der Waals surface area (Å²) in [7, 11) is 0. The molecule has 1 rings (SSSR count). The van der Waals surface area contributed by atoms with Crippen LogP contribution in [0.5, 0.6) is 0 Å². The fourth-order valence-electron chi connectivity index (χ4n) is 2.44. The number of aldehydes is 1. The van der Waals surface area contributed by atoms with Crippen LogP contribution in [-0.2, 0) is 9.53 Å². The first kappa shape index (κ1) is 13.1. The zero-order valence-corrected chi connectivity index (χ0v) is 9.52. The molecule has 0 bridgehead atoms. The molecule has 4 heteroatoms. The van der Waals surface area contributed by atoms with E-state index < -0.39 is 5.41 Å². The molecule has 2 unspecified atom stereocenters. The Morgan fingerprint density at radius 1 is 1.56 bits per heavy atom. The summed E-state index contributed by atoms with van der Waals surface area (Å²) in [6.45, 7) is 0.247. The maximum absolute atomic E-state index is 11.3. The summed E-state index contributed by atoms with van der Waals surface area (Å²) in [6, 6.07) is 2.09. The van der Waals surface area contributed by atoms with Gasteiger partial charge in [0.05, 0.1) is 30.8 Å². The monoisotopic (exact) mass is 225 g/mol. The number of hydrogen-bond acceptors (Lipinski definition) is 4. The van der Waals surface area contributed by atoms with Crippen LogP contribution >= 0.6 is 0 Å². The first-order chi connectivity index (χ1) is 7.79. The van der Waals surface area contributed by atoms with E-state index in [1.54, 1.807) is 0 Å². The zero-order chi connectivity index (χ0) is 11.9. The van der Waals surface area contributed by atoms with Gasteiger partial charge in [-0.05, 0) is 19.3 Å². The number of aliphatic hydroxyl groups is 1. The topological polar surface area (TPSA) is 70.3 Å². The van der Waals surface area contributed by atoms with Crippen LogP contribution in [0.4, 0.5) is 0 Å². The van der Waals surface area contributed by atoms with Crippen LogP contribution in [0.15, 0.2) is 0 Å². The van der Waals surface area contributed by atoms with Crippen LogP contribution in [0.2, 0.25) is 0 Å². The molecule has 1 saturated carbocycles. The first-order valence-electron chi connectivity index (χ1n) is 5.85. The fraction of sp³-hybridized carbons (Fsp3) is 0.833. The normalized spacial score (nSPS) is 29.6. The lowest BCUT2D eigenvalue weighted by Gasteiger charge is -2.39. The summed E-state index contributed by atoms with van der Waals surface area (Å²) >= 11 is 0. The Morgan fingerprint density at radius 2 is 2.38 bits per heavy atom. The number of nitrogens with zero attached hydrogens (tertiary/aromatic N) is 1. The van der Waals surface area contributed by atoms with Crippen molar-refractivity contribution < 1.29 is 14.6 Å². The molecule has 1 aliphatic carbocycles. The maximum Gasteiger partial charge on any atom is 0.128 e. The Kier molecular flexibility index (Phi) is 5.44. The molecule has 0 aliphatic heterocycles. The number of rotatable bonds is 6. The number of nitriles is 1. The molecule has 90 valence electrons. The smallest absolute Gasteiger partial charge is 0.128 e. The van der Waals surface area contributed by atoms with Gasteiger partial charge in [-0.2, -0.15) is 5.26 Å². The van der Waals surface area contributed by atoms with Gasteiger partial charge in [0, 0.05) is 6.42 Å². The summed E-state index contributed by atoms with van der Waals surface area (Å²) in [4.78, 5) is 11.3. The molecule has 0 spiro atoms. The Balaban J connectivity index is 2.67. The Morgan fingerprint density at radius 3 is 3.00 bits per heavy atom. The minimum absolute atomic E-state index is 0.0241. The second-order valence-corrected chi connectivity index (χ2v) is 4.34. The van der Waals surface area contributed by atoms with Crippen molar-refractivity contribution in [1.82, 2.24) is 0 Å². The van der Waals surface area contributed by atoms with Crippen LogP contribution in [-0.4, -0.2) is 30.7 Å². The average Bonchev–Trinajstić information content (AvgIpc) is 2.34. The van der Waals surface area contributed by atoms with Crippen molar-refractivity contribution in [1.29, 1.82) is 5.26 Å². The molecule has 1 fully saturated rings. The predicted molar refractivity (Wildman–Crippen MR) is 58.6 cm³/mol. The molecule has 0 aromatic heterocycles. The number of ether oxygens (including phenoxy) is 1. The summed E-state index contributed by atoms with van der Waals surface area (Å²) in [5.74, 6) is 0. The molecule has 2 atom stereocenters. The molecule has 0 amide bonds. The van der Waals surface area contributed by atoms with Crippen molar-refractivity contribution in [3.05, 3.63) is 0 Å². The number of aliphatic hydroxyl groups excluding tert-OH is 1. The van der Waals surface area contributed by atoms with E-state index >= 15 is 0 Å². The van der Waals surface area contributed by atoms with Gasteiger partial charge < -0.3 is 14.6 Å². The van der Waals surface area contributed by atoms with Crippen molar-refractivity contribution in [2.24, 2.45) is 5.41 Å². The second-order valence-electron chi connectivity index (χ2n) is 4.34. The van der Waals surface area contributed by atoms with Gasteiger partial charge in [-0.1, -0.05) is 12.8 Å². The van der Waals surface area contributed by atoms with Gasteiger partial charge in [0.25, 0.3) is 0 Å². The Labute approximate surface area is 96.2 Å². The molecule has 1 N–H and O–H groups in total. The molecule has 4 nitrogen and oxygen atoms in total. The molecule has 1 aliphatic rings. The fourth-order valence-corrected chi connectivity index (χ4v) is 2.44. The molecule has 16 heavy (non-hydrogen) atoms. The number of carbonyl (C=O) groups is 1. The SMILES string of the molecule is N#CCCC1(C=O)CCCCC1OCCO. The standard InChI is InChI=1S/C12H19NO3/c13-7-3-6-12(10-15)5-2-1-4-11(12)16-9-8-14/h10-11,14H,1-6,8-9H2. The third kappa shape index (κ3) is 3.03. The summed E-state index contributed by atoms with van der Waals surface area (Å²) in [6.07, 6.45) is 5.52. The molecule has 0 saturated heterocycles. The molecular weight excluding hydrogens is 206 g/mol. The van der Waals surface area contributed by atoms with Crippen LogP contribution in [0, 0.1) is 16.7 Å². The van der Waals surface area contributed by atoms with E-state index in [1.807, 2.05) is 0 Å². The summed E-state index contributed by atoms with van der Waals surface area (Å²) in [5.41, 5.74) is -0.497. The van der Waals surface area contributed by atoms with Gasteiger partial charge in [0.2, 0.25) is 0 Å². The van der Waals surface area contributed by atoms with Gasteiger partial charge in [-0.3, -0.25) is 0 Å². The van der Waals surface area contributed by atoms with Gasteiger partial charge in [0.1, 0.15) is 6.29 Å². The lowest BCUT2D eigenvalue weighted by molar-refractivity contribution is -0.133. The molecule has 0 heterocycles. The van der Waals surface area contributed by atoms with Gasteiger partial charge in [-0.15, -0.1) is 0 Å². The van der Waals surface area contributed by atoms with E-state index in [9.17, 15) is 4.79 Å². The lowest BCUT2D eigenvalue weighted by atomic mass is 9.70. The number of hydrogen-bond donors (Lipinski definition) is 1. The van der Waals surface area contributed by atoms with Crippen LogP contribution in [0.25, 0.3) is 0 Å². The maximum atomic E-state index is 11.3. The molecule has 0 aromatic rings. The van der Waals surface area contributed by atoms with E-state index in [0.29, 0.717) is 12.8 Å². The highest BCUT2D eigenvalue weighted by atomic mass is 16.5. The van der Waals surface area contributed by atoms with E-state index in [2.05, 4.69) is 6.07 Å².